The van der Waals surface area contributed by atoms with Gasteiger partial charge in [0.05, 0.1) is 10.7 Å². The van der Waals surface area contributed by atoms with Gasteiger partial charge in [0.15, 0.2) is 0 Å². The van der Waals surface area contributed by atoms with Crippen LogP contribution in [0.3, 0.4) is 0 Å². The van der Waals surface area contributed by atoms with Crippen LogP contribution < -0.4 is 11.1 Å². The number of rotatable bonds is 3. The maximum absolute atomic E-state index is 5.78. The number of nitrogen functional groups attached to an aromatic ring is 1. The summed E-state index contributed by atoms with van der Waals surface area (Å²) in [5.41, 5.74) is 7.33. The normalized spacial score (nSPS) is 10.9. The molecule has 0 atom stereocenters. The van der Waals surface area contributed by atoms with E-state index in [-0.39, 0.29) is 0 Å². The molecule has 0 unspecified atom stereocenters. The second-order valence-corrected chi connectivity index (χ2v) is 3.15. The molecule has 1 aromatic rings. The predicted octanol–water partition coefficient (Wildman–Crippen LogP) is 2.15. The van der Waals surface area contributed by atoms with E-state index < -0.39 is 0 Å². The van der Waals surface area contributed by atoms with E-state index in [9.17, 15) is 0 Å². The lowest BCUT2D eigenvalue weighted by Crippen LogP contribution is -2.03. The molecule has 0 fully saturated rings. The van der Waals surface area contributed by atoms with Gasteiger partial charge in [-0.15, -0.1) is 0 Å². The fourth-order valence-electron chi connectivity index (χ4n) is 0.979. The Kier molecular flexibility index (Phi) is 3.80. The van der Waals surface area contributed by atoms with Crippen LogP contribution in [-0.2, 0) is 0 Å². The second-order valence-electron chi connectivity index (χ2n) is 2.74. The molecule has 13 heavy (non-hydrogen) atoms. The first-order valence-corrected chi connectivity index (χ1v) is 4.48. The topological polar surface area (TPSA) is 38.0 Å². The Bertz CT molecular complexity index is 308. The summed E-state index contributed by atoms with van der Waals surface area (Å²) in [7, 11) is 1.90. The van der Waals surface area contributed by atoms with Crippen molar-refractivity contribution >= 4 is 23.4 Å². The highest BCUT2D eigenvalue weighted by molar-refractivity contribution is 6.33. The highest BCUT2D eigenvalue weighted by Crippen LogP contribution is 2.19. The van der Waals surface area contributed by atoms with Gasteiger partial charge >= 0.3 is 0 Å². The fraction of sp³-hybridized carbons (Fsp3) is 0.200. The number of likely N-dealkylation sites (N-methyl/N-ethyl adjacent to an activating group) is 1. The summed E-state index contributed by atoms with van der Waals surface area (Å²) in [6.07, 6.45) is 4.03. The molecule has 0 spiro atoms. The first-order chi connectivity index (χ1) is 6.24. The van der Waals surface area contributed by atoms with Crippen LogP contribution in [0, 0.1) is 0 Å². The van der Waals surface area contributed by atoms with E-state index in [2.05, 4.69) is 5.32 Å². The van der Waals surface area contributed by atoms with Crippen molar-refractivity contribution in [3.8, 4) is 0 Å². The van der Waals surface area contributed by atoms with Crippen LogP contribution in [0.15, 0.2) is 24.3 Å². The average molecular weight is 197 g/mol. The van der Waals surface area contributed by atoms with E-state index in [4.69, 9.17) is 17.3 Å². The average Bonchev–Trinajstić information content (AvgIpc) is 2.12. The molecule has 3 heteroatoms. The van der Waals surface area contributed by atoms with Gasteiger partial charge in [0, 0.05) is 6.54 Å². The lowest BCUT2D eigenvalue weighted by atomic mass is 10.2. The molecule has 0 heterocycles. The SMILES string of the molecule is CNCC=Cc1ccc(Cl)c(N)c1. The molecule has 0 aromatic heterocycles. The molecule has 0 aliphatic carbocycles. The van der Waals surface area contributed by atoms with Gasteiger partial charge in [-0.1, -0.05) is 29.8 Å². The summed E-state index contributed by atoms with van der Waals surface area (Å²) >= 11 is 5.78. The Morgan fingerprint density at radius 3 is 2.92 bits per heavy atom. The quantitative estimate of drug-likeness (QED) is 0.728. The minimum atomic E-state index is 0.603. The van der Waals surface area contributed by atoms with Crippen LogP contribution in [-0.4, -0.2) is 13.6 Å². The van der Waals surface area contributed by atoms with Crippen molar-refractivity contribution in [3.63, 3.8) is 0 Å². The fourth-order valence-corrected chi connectivity index (χ4v) is 1.10. The number of hydrogen-bond acceptors (Lipinski definition) is 2. The van der Waals surface area contributed by atoms with Crippen molar-refractivity contribution in [1.82, 2.24) is 5.32 Å². The van der Waals surface area contributed by atoms with Crippen molar-refractivity contribution in [2.75, 3.05) is 19.3 Å². The molecule has 70 valence electrons. The van der Waals surface area contributed by atoms with Crippen molar-refractivity contribution in [1.29, 1.82) is 0 Å². The molecule has 3 N–H and O–H groups in total. The number of halogens is 1. The summed E-state index contributed by atoms with van der Waals surface area (Å²) < 4.78 is 0. The standard InChI is InChI=1S/C10H13ClN2/c1-13-6-2-3-8-4-5-9(11)10(12)7-8/h2-5,7,13H,6,12H2,1H3. The molecule has 0 radical (unpaired) electrons. The lowest BCUT2D eigenvalue weighted by Gasteiger charge is -1.98. The van der Waals surface area contributed by atoms with Crippen molar-refractivity contribution < 1.29 is 0 Å². The van der Waals surface area contributed by atoms with Gasteiger partial charge in [-0.05, 0) is 24.7 Å². The number of anilines is 1. The van der Waals surface area contributed by atoms with E-state index in [0.717, 1.165) is 12.1 Å². The van der Waals surface area contributed by atoms with Gasteiger partial charge in [-0.2, -0.15) is 0 Å². The van der Waals surface area contributed by atoms with Gasteiger partial charge in [-0.25, -0.2) is 0 Å². The zero-order valence-corrected chi connectivity index (χ0v) is 8.31. The number of hydrogen-bond donors (Lipinski definition) is 2. The second kappa shape index (κ2) is 4.90. The van der Waals surface area contributed by atoms with Gasteiger partial charge in [0.2, 0.25) is 0 Å². The maximum Gasteiger partial charge on any atom is 0.0635 e. The van der Waals surface area contributed by atoms with E-state index in [0.29, 0.717) is 10.7 Å². The monoisotopic (exact) mass is 196 g/mol. The zero-order chi connectivity index (χ0) is 9.68. The number of nitrogens with two attached hydrogens (primary N) is 1. The summed E-state index contributed by atoms with van der Waals surface area (Å²) in [5, 5.41) is 3.62. The summed E-state index contributed by atoms with van der Waals surface area (Å²) in [6.45, 7) is 0.850. The van der Waals surface area contributed by atoms with E-state index in [1.807, 2.05) is 31.3 Å². The minimum absolute atomic E-state index is 0.603. The smallest absolute Gasteiger partial charge is 0.0635 e. The van der Waals surface area contributed by atoms with Gasteiger partial charge in [0.1, 0.15) is 0 Å². The molecular formula is C10H13ClN2. The Labute approximate surface area is 83.4 Å². The molecule has 0 saturated carbocycles. The zero-order valence-electron chi connectivity index (χ0n) is 7.55. The van der Waals surface area contributed by atoms with Gasteiger partial charge < -0.3 is 11.1 Å². The molecule has 1 aromatic carbocycles. The lowest BCUT2D eigenvalue weighted by molar-refractivity contribution is 0.922. The molecule has 1 rings (SSSR count). The summed E-state index contributed by atoms with van der Waals surface area (Å²) in [5.74, 6) is 0. The molecule has 0 saturated heterocycles. The first-order valence-electron chi connectivity index (χ1n) is 4.10. The summed E-state index contributed by atoms with van der Waals surface area (Å²) in [4.78, 5) is 0. The minimum Gasteiger partial charge on any atom is -0.398 e. The van der Waals surface area contributed by atoms with Crippen molar-refractivity contribution in [3.05, 3.63) is 34.9 Å². The molecule has 0 aliphatic heterocycles. The van der Waals surface area contributed by atoms with Crippen LogP contribution in [0.1, 0.15) is 5.56 Å². The third-order valence-electron chi connectivity index (χ3n) is 1.65. The van der Waals surface area contributed by atoms with Crippen molar-refractivity contribution in [2.45, 2.75) is 0 Å². The third-order valence-corrected chi connectivity index (χ3v) is 2.00. The number of benzene rings is 1. The molecule has 0 bridgehead atoms. The largest absolute Gasteiger partial charge is 0.398 e. The van der Waals surface area contributed by atoms with Gasteiger partial charge in [-0.3, -0.25) is 0 Å². The molecule has 2 nitrogen and oxygen atoms in total. The maximum atomic E-state index is 5.78. The van der Waals surface area contributed by atoms with Crippen molar-refractivity contribution in [2.24, 2.45) is 0 Å². The molecule has 0 amide bonds. The summed E-state index contributed by atoms with van der Waals surface area (Å²) in [6, 6.07) is 5.59. The van der Waals surface area contributed by atoms with Crippen LogP contribution in [0.4, 0.5) is 5.69 Å². The molecule has 0 aliphatic rings. The van der Waals surface area contributed by atoms with Crippen LogP contribution in [0.5, 0.6) is 0 Å². The van der Waals surface area contributed by atoms with Crippen LogP contribution >= 0.6 is 11.6 Å². The Morgan fingerprint density at radius 1 is 1.54 bits per heavy atom. The predicted molar refractivity (Wildman–Crippen MR) is 58.8 cm³/mol. The Morgan fingerprint density at radius 2 is 2.31 bits per heavy atom. The molecular weight excluding hydrogens is 184 g/mol. The Balaban J connectivity index is 2.73. The first kappa shape index (κ1) is 10.1. The van der Waals surface area contributed by atoms with E-state index >= 15 is 0 Å². The third kappa shape index (κ3) is 3.09. The highest BCUT2D eigenvalue weighted by atomic mass is 35.5. The van der Waals surface area contributed by atoms with Gasteiger partial charge in [0.25, 0.3) is 0 Å². The number of nitrogens with one attached hydrogen (secondary N) is 1. The highest BCUT2D eigenvalue weighted by Gasteiger charge is 1.94. The van der Waals surface area contributed by atoms with E-state index in [1.165, 1.54) is 0 Å². The van der Waals surface area contributed by atoms with Crippen LogP contribution in [0.2, 0.25) is 5.02 Å². The van der Waals surface area contributed by atoms with Crippen LogP contribution in [0.25, 0.3) is 6.08 Å². The Hall–Kier alpha value is -0.990. The van der Waals surface area contributed by atoms with E-state index in [1.54, 1.807) is 6.07 Å².